The molecule has 0 spiro atoms. The third kappa shape index (κ3) is 4.66. The van der Waals surface area contributed by atoms with Gasteiger partial charge in [-0.3, -0.25) is 9.59 Å². The maximum atomic E-state index is 11.9. The molecule has 0 saturated heterocycles. The Morgan fingerprint density at radius 2 is 2.05 bits per heavy atom. The Morgan fingerprint density at radius 1 is 1.35 bits per heavy atom. The summed E-state index contributed by atoms with van der Waals surface area (Å²) in [5.41, 5.74) is 6.94. The Labute approximate surface area is 120 Å². The predicted molar refractivity (Wildman–Crippen MR) is 80.6 cm³/mol. The maximum Gasteiger partial charge on any atom is 0.253 e. The second kappa shape index (κ2) is 7.65. The molecule has 2 amide bonds. The number of nitrogens with one attached hydrogen (secondary N) is 1. The van der Waals surface area contributed by atoms with E-state index < -0.39 is 6.04 Å². The van der Waals surface area contributed by atoms with Gasteiger partial charge in [0, 0.05) is 25.3 Å². The van der Waals surface area contributed by atoms with E-state index in [-0.39, 0.29) is 11.8 Å². The standard InChI is InChI=1S/C15H23N3O2/c1-4-5-9-13(16)14(19)17-12-8-6-7-11(10-12)15(20)18(2)3/h6-8,10,13H,4-5,9,16H2,1-3H3,(H,17,19). The summed E-state index contributed by atoms with van der Waals surface area (Å²) in [6.07, 6.45) is 2.60. The van der Waals surface area contributed by atoms with Gasteiger partial charge in [0.1, 0.15) is 0 Å². The summed E-state index contributed by atoms with van der Waals surface area (Å²) in [6.45, 7) is 2.06. The molecular formula is C15H23N3O2. The number of nitrogens with zero attached hydrogens (tertiary/aromatic N) is 1. The lowest BCUT2D eigenvalue weighted by Crippen LogP contribution is -2.35. The number of rotatable bonds is 6. The van der Waals surface area contributed by atoms with Gasteiger partial charge in [0.05, 0.1) is 6.04 Å². The molecular weight excluding hydrogens is 254 g/mol. The highest BCUT2D eigenvalue weighted by atomic mass is 16.2. The van der Waals surface area contributed by atoms with Gasteiger partial charge < -0.3 is 16.0 Å². The van der Waals surface area contributed by atoms with Gasteiger partial charge in [0.25, 0.3) is 5.91 Å². The van der Waals surface area contributed by atoms with Crippen molar-refractivity contribution in [3.63, 3.8) is 0 Å². The van der Waals surface area contributed by atoms with E-state index in [0.29, 0.717) is 17.7 Å². The van der Waals surface area contributed by atoms with Crippen molar-refractivity contribution in [2.75, 3.05) is 19.4 Å². The molecule has 1 aromatic rings. The number of benzene rings is 1. The van der Waals surface area contributed by atoms with E-state index in [4.69, 9.17) is 5.73 Å². The normalized spacial score (nSPS) is 11.8. The van der Waals surface area contributed by atoms with Gasteiger partial charge in [-0.05, 0) is 24.6 Å². The highest BCUT2D eigenvalue weighted by molar-refractivity contribution is 5.98. The predicted octanol–water partition coefficient (Wildman–Crippen LogP) is 1.84. The van der Waals surface area contributed by atoms with Crippen molar-refractivity contribution in [3.05, 3.63) is 29.8 Å². The number of nitrogens with two attached hydrogens (primary N) is 1. The smallest absolute Gasteiger partial charge is 0.253 e. The van der Waals surface area contributed by atoms with Crippen LogP contribution in [0.25, 0.3) is 0 Å². The molecule has 1 unspecified atom stereocenters. The molecule has 5 heteroatoms. The Balaban J connectivity index is 2.71. The average molecular weight is 277 g/mol. The second-order valence-corrected chi connectivity index (χ2v) is 5.02. The first-order valence-corrected chi connectivity index (χ1v) is 6.84. The topological polar surface area (TPSA) is 75.4 Å². The van der Waals surface area contributed by atoms with Crippen LogP contribution < -0.4 is 11.1 Å². The molecule has 110 valence electrons. The maximum absolute atomic E-state index is 11.9. The molecule has 0 aliphatic heterocycles. The van der Waals surface area contributed by atoms with Gasteiger partial charge in [-0.1, -0.05) is 25.8 Å². The number of amides is 2. The average Bonchev–Trinajstić information content (AvgIpc) is 2.43. The molecule has 5 nitrogen and oxygen atoms in total. The molecule has 3 N–H and O–H groups in total. The van der Waals surface area contributed by atoms with Crippen molar-refractivity contribution >= 4 is 17.5 Å². The zero-order valence-electron chi connectivity index (χ0n) is 12.3. The van der Waals surface area contributed by atoms with E-state index in [1.54, 1.807) is 38.4 Å². The zero-order chi connectivity index (χ0) is 15.1. The van der Waals surface area contributed by atoms with Crippen molar-refractivity contribution in [1.82, 2.24) is 4.90 Å². The molecule has 0 bridgehead atoms. The van der Waals surface area contributed by atoms with Gasteiger partial charge in [-0.2, -0.15) is 0 Å². The van der Waals surface area contributed by atoms with Crippen LogP contribution in [0.3, 0.4) is 0 Å². The number of hydrogen-bond donors (Lipinski definition) is 2. The van der Waals surface area contributed by atoms with Gasteiger partial charge in [-0.15, -0.1) is 0 Å². The number of anilines is 1. The number of carbonyl (C=O) groups excluding carboxylic acids is 2. The SMILES string of the molecule is CCCCC(N)C(=O)Nc1cccc(C(=O)N(C)C)c1. The first-order chi connectivity index (χ1) is 9.45. The number of carbonyl (C=O) groups is 2. The number of unbranched alkanes of at least 4 members (excludes halogenated alkanes) is 1. The highest BCUT2D eigenvalue weighted by Crippen LogP contribution is 2.13. The molecule has 0 heterocycles. The molecule has 1 rings (SSSR count). The van der Waals surface area contributed by atoms with Crippen LogP contribution in [0.15, 0.2) is 24.3 Å². The largest absolute Gasteiger partial charge is 0.345 e. The summed E-state index contributed by atoms with van der Waals surface area (Å²) in [5.74, 6) is -0.315. The quantitative estimate of drug-likeness (QED) is 0.833. The van der Waals surface area contributed by atoms with Crippen LogP contribution in [0, 0.1) is 0 Å². The van der Waals surface area contributed by atoms with Crippen LogP contribution in [-0.2, 0) is 4.79 Å². The summed E-state index contributed by atoms with van der Waals surface area (Å²) in [5, 5.41) is 2.75. The third-order valence-electron chi connectivity index (χ3n) is 2.99. The number of hydrogen-bond acceptors (Lipinski definition) is 3. The highest BCUT2D eigenvalue weighted by Gasteiger charge is 2.14. The lowest BCUT2D eigenvalue weighted by Gasteiger charge is -2.14. The van der Waals surface area contributed by atoms with Gasteiger partial charge in [0.15, 0.2) is 0 Å². The Kier molecular flexibility index (Phi) is 6.18. The van der Waals surface area contributed by atoms with E-state index in [9.17, 15) is 9.59 Å². The zero-order valence-corrected chi connectivity index (χ0v) is 12.3. The van der Waals surface area contributed by atoms with E-state index >= 15 is 0 Å². The summed E-state index contributed by atoms with van der Waals surface area (Å²) in [7, 11) is 3.38. The molecule has 0 aliphatic carbocycles. The molecule has 20 heavy (non-hydrogen) atoms. The van der Waals surface area contributed by atoms with Gasteiger partial charge in [-0.25, -0.2) is 0 Å². The fourth-order valence-corrected chi connectivity index (χ4v) is 1.78. The first-order valence-electron chi connectivity index (χ1n) is 6.84. The molecule has 1 aromatic carbocycles. The van der Waals surface area contributed by atoms with Crippen LogP contribution in [0.5, 0.6) is 0 Å². The Bertz CT molecular complexity index is 472. The van der Waals surface area contributed by atoms with E-state index in [2.05, 4.69) is 12.2 Å². The minimum Gasteiger partial charge on any atom is -0.345 e. The van der Waals surface area contributed by atoms with E-state index in [1.165, 1.54) is 4.90 Å². The lowest BCUT2D eigenvalue weighted by molar-refractivity contribution is -0.117. The lowest BCUT2D eigenvalue weighted by atomic mass is 10.1. The minimum absolute atomic E-state index is 0.101. The molecule has 0 fully saturated rings. The van der Waals surface area contributed by atoms with Crippen LogP contribution in [0.2, 0.25) is 0 Å². The Hall–Kier alpha value is -1.88. The third-order valence-corrected chi connectivity index (χ3v) is 2.99. The molecule has 1 atom stereocenters. The fraction of sp³-hybridized carbons (Fsp3) is 0.467. The van der Waals surface area contributed by atoms with E-state index in [0.717, 1.165) is 12.8 Å². The van der Waals surface area contributed by atoms with Crippen LogP contribution >= 0.6 is 0 Å². The van der Waals surface area contributed by atoms with Crippen molar-refractivity contribution in [2.24, 2.45) is 5.73 Å². The molecule has 0 saturated carbocycles. The second-order valence-electron chi connectivity index (χ2n) is 5.02. The molecule has 0 aliphatic rings. The monoisotopic (exact) mass is 277 g/mol. The van der Waals surface area contributed by atoms with Gasteiger partial charge in [0.2, 0.25) is 5.91 Å². The van der Waals surface area contributed by atoms with Crippen LogP contribution in [-0.4, -0.2) is 36.9 Å². The minimum atomic E-state index is -0.511. The Morgan fingerprint density at radius 3 is 2.65 bits per heavy atom. The summed E-state index contributed by atoms with van der Waals surface area (Å²) >= 11 is 0. The van der Waals surface area contributed by atoms with Crippen molar-refractivity contribution in [1.29, 1.82) is 0 Å². The van der Waals surface area contributed by atoms with Crippen molar-refractivity contribution in [3.8, 4) is 0 Å². The molecule has 0 radical (unpaired) electrons. The van der Waals surface area contributed by atoms with Crippen LogP contribution in [0.4, 0.5) is 5.69 Å². The van der Waals surface area contributed by atoms with Crippen molar-refractivity contribution in [2.45, 2.75) is 32.2 Å². The summed E-state index contributed by atoms with van der Waals surface area (Å²) in [4.78, 5) is 25.2. The first kappa shape index (κ1) is 16.2. The van der Waals surface area contributed by atoms with E-state index in [1.807, 2.05) is 0 Å². The van der Waals surface area contributed by atoms with Gasteiger partial charge >= 0.3 is 0 Å². The summed E-state index contributed by atoms with van der Waals surface area (Å²) in [6, 6.07) is 6.35. The van der Waals surface area contributed by atoms with Crippen molar-refractivity contribution < 1.29 is 9.59 Å². The molecule has 0 aromatic heterocycles. The fourth-order valence-electron chi connectivity index (χ4n) is 1.78. The van der Waals surface area contributed by atoms with Crippen LogP contribution in [0.1, 0.15) is 36.5 Å². The summed E-state index contributed by atoms with van der Waals surface area (Å²) < 4.78 is 0.